The fourth-order valence-electron chi connectivity index (χ4n) is 6.27. The Hall–Kier alpha value is -3.44. The normalized spacial score (nSPS) is 18.1. The fraction of sp³-hybridized carbons (Fsp3) is 0.364. The summed E-state index contributed by atoms with van der Waals surface area (Å²) in [5, 5.41) is 3.33. The lowest BCUT2D eigenvalue weighted by Crippen LogP contribution is -2.47. The highest BCUT2D eigenvalue weighted by Gasteiger charge is 2.30. The highest BCUT2D eigenvalue weighted by atomic mass is 35.5. The molecule has 3 heterocycles. The van der Waals surface area contributed by atoms with Crippen LogP contribution in [0.2, 0.25) is 10.0 Å². The standard InChI is InChI=1S/C33H34Cl2N4O5S/c1-38-13-15-39(16-14-38)31(41)12-10-21-29(36-28-7-2-3-8-30(40)32(21)28)18-23-22-17-20(9-11-27(22)37-33(23)42)45(43,44)19-24-25(34)5-4-6-26(24)35/h4-6,9,11,17-18,36H,2-3,7-8,10,12-16,19H2,1H3,(H,37,42). The van der Waals surface area contributed by atoms with Crippen LogP contribution in [-0.4, -0.2) is 74.0 Å². The van der Waals surface area contributed by atoms with E-state index in [1.54, 1.807) is 30.3 Å². The van der Waals surface area contributed by atoms with Crippen molar-refractivity contribution in [1.82, 2.24) is 14.8 Å². The molecule has 2 N–H and O–H groups in total. The summed E-state index contributed by atoms with van der Waals surface area (Å²) in [4.78, 5) is 47.1. The number of hydrogen-bond donors (Lipinski definition) is 2. The SMILES string of the molecule is CN1CCN(C(=O)CCc2c(C=C3C(=O)Nc4ccc(S(=O)(=O)Cc5c(Cl)cccc5Cl)cc43)[nH]c3c2C(=O)CCCC3)CC1. The molecule has 3 aromatic rings. The fourth-order valence-corrected chi connectivity index (χ4v) is 8.39. The lowest BCUT2D eigenvalue weighted by Gasteiger charge is -2.32. The number of rotatable bonds is 7. The maximum absolute atomic E-state index is 13.5. The maximum Gasteiger partial charge on any atom is 0.256 e. The van der Waals surface area contributed by atoms with Gasteiger partial charge < -0.3 is 20.1 Å². The van der Waals surface area contributed by atoms with E-state index in [0.717, 1.165) is 37.2 Å². The minimum atomic E-state index is -3.88. The Morgan fingerprint density at radius 1 is 0.978 bits per heavy atom. The molecule has 2 aliphatic heterocycles. The van der Waals surface area contributed by atoms with Crippen molar-refractivity contribution in [2.24, 2.45) is 0 Å². The number of aromatic amines is 1. The van der Waals surface area contributed by atoms with Crippen LogP contribution in [0.1, 0.15) is 64.1 Å². The number of hydrogen-bond acceptors (Lipinski definition) is 6. The van der Waals surface area contributed by atoms with Gasteiger partial charge in [-0.15, -0.1) is 0 Å². The van der Waals surface area contributed by atoms with Gasteiger partial charge in [-0.2, -0.15) is 0 Å². The Morgan fingerprint density at radius 2 is 1.69 bits per heavy atom. The molecule has 0 spiro atoms. The number of aromatic nitrogens is 1. The number of Topliss-reactive ketones (excluding diaryl/α,β-unsaturated/α-hetero) is 1. The molecule has 0 unspecified atom stereocenters. The van der Waals surface area contributed by atoms with Crippen LogP contribution in [-0.2, 0) is 38.0 Å². The summed E-state index contributed by atoms with van der Waals surface area (Å²) in [6.07, 6.45) is 5.05. The zero-order valence-electron chi connectivity index (χ0n) is 24.9. The summed E-state index contributed by atoms with van der Waals surface area (Å²) in [7, 11) is -1.85. The van der Waals surface area contributed by atoms with Crippen molar-refractivity contribution in [2.75, 3.05) is 38.5 Å². The molecule has 6 rings (SSSR count). The van der Waals surface area contributed by atoms with Crippen molar-refractivity contribution >= 4 is 68.0 Å². The van der Waals surface area contributed by atoms with Gasteiger partial charge in [-0.05, 0) is 74.7 Å². The number of nitrogens with zero attached hydrogens (tertiary/aromatic N) is 2. The molecule has 0 bridgehead atoms. The Balaban J connectivity index is 1.35. The van der Waals surface area contributed by atoms with Gasteiger partial charge in [0.25, 0.3) is 5.91 Å². The van der Waals surface area contributed by atoms with Crippen LogP contribution in [0.25, 0.3) is 11.6 Å². The van der Waals surface area contributed by atoms with Gasteiger partial charge in [-0.1, -0.05) is 29.3 Å². The molecule has 0 atom stereocenters. The second-order valence-corrected chi connectivity index (χ2v) is 14.7. The summed E-state index contributed by atoms with van der Waals surface area (Å²) in [5.41, 5.74) is 4.25. The molecule has 2 aromatic carbocycles. The van der Waals surface area contributed by atoms with Gasteiger partial charge in [0.15, 0.2) is 15.6 Å². The van der Waals surface area contributed by atoms with E-state index in [1.165, 1.54) is 12.1 Å². The molecule has 1 aromatic heterocycles. The molecule has 3 aliphatic rings. The summed E-state index contributed by atoms with van der Waals surface area (Å²) < 4.78 is 27.0. The number of H-pyrrole nitrogens is 1. The molecule has 45 heavy (non-hydrogen) atoms. The predicted octanol–water partition coefficient (Wildman–Crippen LogP) is 5.40. The first kappa shape index (κ1) is 31.5. The first-order valence-electron chi connectivity index (χ1n) is 15.1. The zero-order chi connectivity index (χ0) is 31.9. The third-order valence-corrected chi connectivity index (χ3v) is 11.2. The largest absolute Gasteiger partial charge is 0.358 e. The first-order valence-corrected chi connectivity index (χ1v) is 17.5. The van der Waals surface area contributed by atoms with Crippen LogP contribution in [0.3, 0.4) is 0 Å². The van der Waals surface area contributed by atoms with Crippen LogP contribution in [0.15, 0.2) is 41.3 Å². The van der Waals surface area contributed by atoms with Crippen molar-refractivity contribution in [2.45, 2.75) is 49.2 Å². The van der Waals surface area contributed by atoms with Gasteiger partial charge >= 0.3 is 0 Å². The van der Waals surface area contributed by atoms with Crippen molar-refractivity contribution < 1.29 is 22.8 Å². The number of benzene rings is 2. The lowest BCUT2D eigenvalue weighted by atomic mass is 9.97. The Bertz CT molecular complexity index is 1820. The van der Waals surface area contributed by atoms with E-state index >= 15 is 0 Å². The molecule has 236 valence electrons. The molecular weight excluding hydrogens is 635 g/mol. The lowest BCUT2D eigenvalue weighted by molar-refractivity contribution is -0.132. The van der Waals surface area contributed by atoms with Crippen LogP contribution in [0.4, 0.5) is 5.69 Å². The number of anilines is 1. The molecule has 1 aliphatic carbocycles. The molecule has 1 fully saturated rings. The number of nitrogens with one attached hydrogen (secondary N) is 2. The van der Waals surface area contributed by atoms with Crippen molar-refractivity contribution in [3.63, 3.8) is 0 Å². The molecule has 0 radical (unpaired) electrons. The number of carbonyl (C=O) groups is 3. The minimum Gasteiger partial charge on any atom is -0.358 e. The third kappa shape index (κ3) is 6.47. The zero-order valence-corrected chi connectivity index (χ0v) is 27.2. The maximum atomic E-state index is 13.5. The highest BCUT2D eigenvalue weighted by Crippen LogP contribution is 2.38. The topological polar surface area (TPSA) is 120 Å². The summed E-state index contributed by atoms with van der Waals surface area (Å²) in [6, 6.07) is 9.32. The van der Waals surface area contributed by atoms with E-state index in [1.807, 2.05) is 11.9 Å². The Morgan fingerprint density at radius 3 is 2.42 bits per heavy atom. The summed E-state index contributed by atoms with van der Waals surface area (Å²) in [6.45, 7) is 2.97. The number of likely N-dealkylation sites (N-methyl/N-ethyl adjacent to an activating group) is 1. The van der Waals surface area contributed by atoms with E-state index in [2.05, 4.69) is 15.2 Å². The predicted molar refractivity (Wildman–Crippen MR) is 175 cm³/mol. The van der Waals surface area contributed by atoms with Crippen molar-refractivity contribution in [1.29, 1.82) is 0 Å². The average Bonchev–Trinajstić information content (AvgIpc) is 3.45. The number of piperazine rings is 1. The molecule has 2 amide bonds. The van der Waals surface area contributed by atoms with Gasteiger partial charge in [-0.3, -0.25) is 14.4 Å². The van der Waals surface area contributed by atoms with Gasteiger partial charge in [0.2, 0.25) is 5.91 Å². The minimum absolute atomic E-state index is 0.0232. The molecular formula is C33H34Cl2N4O5S. The third-order valence-electron chi connectivity index (χ3n) is 8.84. The number of carbonyl (C=O) groups excluding carboxylic acids is 3. The number of aryl methyl sites for hydroxylation is 1. The van der Waals surface area contributed by atoms with Gasteiger partial charge in [-0.25, -0.2) is 8.42 Å². The number of fused-ring (bicyclic) bond motifs is 2. The summed E-state index contributed by atoms with van der Waals surface area (Å²) >= 11 is 12.5. The van der Waals surface area contributed by atoms with Crippen LogP contribution in [0, 0.1) is 0 Å². The van der Waals surface area contributed by atoms with Gasteiger partial charge in [0, 0.05) is 82.8 Å². The number of halogens is 2. The molecule has 9 nitrogen and oxygen atoms in total. The second-order valence-electron chi connectivity index (χ2n) is 11.9. The highest BCUT2D eigenvalue weighted by molar-refractivity contribution is 7.90. The van der Waals surface area contributed by atoms with E-state index in [0.29, 0.717) is 60.4 Å². The van der Waals surface area contributed by atoms with E-state index in [9.17, 15) is 22.8 Å². The van der Waals surface area contributed by atoms with E-state index in [4.69, 9.17) is 23.2 Å². The Kier molecular flexibility index (Phi) is 8.94. The van der Waals surface area contributed by atoms with Crippen molar-refractivity contribution in [3.05, 3.63) is 80.1 Å². The smallest absolute Gasteiger partial charge is 0.256 e. The van der Waals surface area contributed by atoms with Crippen LogP contribution in [0.5, 0.6) is 0 Å². The van der Waals surface area contributed by atoms with E-state index < -0.39 is 15.6 Å². The van der Waals surface area contributed by atoms with Gasteiger partial charge in [0.1, 0.15) is 0 Å². The van der Waals surface area contributed by atoms with Gasteiger partial charge in [0.05, 0.1) is 16.2 Å². The number of ketones is 1. The van der Waals surface area contributed by atoms with Crippen LogP contribution >= 0.6 is 23.2 Å². The van der Waals surface area contributed by atoms with E-state index in [-0.39, 0.29) is 44.5 Å². The monoisotopic (exact) mass is 668 g/mol. The molecule has 1 saturated heterocycles. The summed E-state index contributed by atoms with van der Waals surface area (Å²) in [5.74, 6) is -0.713. The average molecular weight is 670 g/mol. The Labute approximate surface area is 272 Å². The number of sulfone groups is 1. The molecule has 0 saturated carbocycles. The quantitative estimate of drug-likeness (QED) is 0.257. The molecule has 12 heteroatoms. The second kappa shape index (κ2) is 12.7. The first-order chi connectivity index (χ1) is 21.5. The number of amides is 2. The van der Waals surface area contributed by atoms with Crippen LogP contribution < -0.4 is 5.32 Å². The van der Waals surface area contributed by atoms with Crippen molar-refractivity contribution in [3.8, 4) is 0 Å².